The molecule has 1 fully saturated rings. The van der Waals surface area contributed by atoms with Crippen LogP contribution in [0.3, 0.4) is 0 Å². The second-order valence-corrected chi connectivity index (χ2v) is 6.88. The van der Waals surface area contributed by atoms with Gasteiger partial charge in [0.05, 0.1) is 10.8 Å². The minimum absolute atomic E-state index is 0. The van der Waals surface area contributed by atoms with Gasteiger partial charge in [-0.15, -0.1) is 24.8 Å². The van der Waals surface area contributed by atoms with Crippen LogP contribution in [0.2, 0.25) is 5.02 Å². The Labute approximate surface area is 169 Å². The second kappa shape index (κ2) is 8.59. The van der Waals surface area contributed by atoms with Crippen molar-refractivity contribution in [3.8, 4) is 0 Å². The number of nitrogens with zero attached hydrogens (tertiary/aromatic N) is 2. The summed E-state index contributed by atoms with van der Waals surface area (Å²) in [4.78, 5) is 17.5. The molecule has 0 N–H and O–H groups in total. The maximum atomic E-state index is 12.8. The van der Waals surface area contributed by atoms with Gasteiger partial charge in [-0.2, -0.15) is 0 Å². The lowest BCUT2D eigenvalue weighted by molar-refractivity contribution is 0.148. The smallest absolute Gasteiger partial charge is 0.200 e. The molecule has 1 saturated heterocycles. The minimum Gasteiger partial charge on any atom is -0.455 e. The Balaban J connectivity index is 0.00000121. The van der Waals surface area contributed by atoms with Crippen LogP contribution in [0.5, 0.6) is 0 Å². The van der Waals surface area contributed by atoms with Gasteiger partial charge >= 0.3 is 0 Å². The molecular formula is C19H21Cl3N2O2. The first kappa shape index (κ1) is 21.0. The van der Waals surface area contributed by atoms with Gasteiger partial charge in [0.25, 0.3) is 0 Å². The van der Waals surface area contributed by atoms with E-state index >= 15 is 0 Å². The largest absolute Gasteiger partial charge is 0.455 e. The maximum absolute atomic E-state index is 12.8. The molecule has 0 bridgehead atoms. The molecule has 2 heterocycles. The van der Waals surface area contributed by atoms with Crippen LogP contribution in [-0.2, 0) is 6.54 Å². The van der Waals surface area contributed by atoms with Crippen LogP contribution in [0.1, 0.15) is 5.56 Å². The molecule has 3 aromatic rings. The van der Waals surface area contributed by atoms with Crippen molar-refractivity contribution in [1.82, 2.24) is 9.80 Å². The third-order valence-corrected chi connectivity index (χ3v) is 4.97. The SMILES string of the molecule is CN1CCN(Cc2cccc3c(=O)c4ccc(Cl)cc4oc23)CC1.Cl.Cl. The molecule has 7 heteroatoms. The van der Waals surface area contributed by atoms with E-state index in [1.165, 1.54) is 0 Å². The summed E-state index contributed by atoms with van der Waals surface area (Å²) in [6.45, 7) is 4.97. The van der Waals surface area contributed by atoms with Crippen LogP contribution in [0.15, 0.2) is 45.6 Å². The first-order chi connectivity index (χ1) is 11.6. The standard InChI is InChI=1S/C19H19ClN2O2.2ClH/c1-21-7-9-22(10-8-21)12-13-3-2-4-16-18(23)15-6-5-14(20)11-17(15)24-19(13)16;;/h2-6,11H,7-10,12H2,1H3;2*1H. The lowest BCUT2D eigenvalue weighted by atomic mass is 10.1. The van der Waals surface area contributed by atoms with Crippen LogP contribution >= 0.6 is 36.4 Å². The monoisotopic (exact) mass is 414 g/mol. The summed E-state index contributed by atoms with van der Waals surface area (Å²) in [7, 11) is 2.14. The van der Waals surface area contributed by atoms with E-state index in [2.05, 4.69) is 16.8 Å². The van der Waals surface area contributed by atoms with E-state index < -0.39 is 0 Å². The molecule has 26 heavy (non-hydrogen) atoms. The summed E-state index contributed by atoms with van der Waals surface area (Å²) in [5.41, 5.74) is 2.28. The van der Waals surface area contributed by atoms with Gasteiger partial charge < -0.3 is 9.32 Å². The van der Waals surface area contributed by atoms with E-state index in [0.717, 1.165) is 38.3 Å². The Hall–Kier alpha value is -1.30. The summed E-state index contributed by atoms with van der Waals surface area (Å²) >= 11 is 6.06. The van der Waals surface area contributed by atoms with Gasteiger partial charge in [-0.25, -0.2) is 0 Å². The molecule has 0 saturated carbocycles. The summed E-state index contributed by atoms with van der Waals surface area (Å²) in [6.07, 6.45) is 0. The molecule has 0 radical (unpaired) electrons. The fourth-order valence-corrected chi connectivity index (χ4v) is 3.44. The zero-order valence-corrected chi connectivity index (χ0v) is 16.8. The Kier molecular flexibility index (Phi) is 6.94. The van der Waals surface area contributed by atoms with E-state index in [-0.39, 0.29) is 30.2 Å². The third-order valence-electron chi connectivity index (χ3n) is 4.73. The van der Waals surface area contributed by atoms with Crippen molar-refractivity contribution >= 4 is 58.4 Å². The fraction of sp³-hybridized carbons (Fsp3) is 0.316. The average molecular weight is 416 g/mol. The molecule has 1 aliphatic heterocycles. The van der Waals surface area contributed by atoms with Crippen LogP contribution in [0, 0.1) is 0 Å². The zero-order valence-electron chi connectivity index (χ0n) is 14.4. The zero-order chi connectivity index (χ0) is 16.7. The van der Waals surface area contributed by atoms with Crippen LogP contribution < -0.4 is 5.43 Å². The molecule has 2 aromatic carbocycles. The molecular weight excluding hydrogens is 395 g/mol. The van der Waals surface area contributed by atoms with E-state index in [0.29, 0.717) is 27.0 Å². The van der Waals surface area contributed by atoms with Gasteiger partial charge in [0, 0.05) is 49.4 Å². The Morgan fingerprint density at radius 3 is 2.50 bits per heavy atom. The molecule has 4 nitrogen and oxygen atoms in total. The van der Waals surface area contributed by atoms with Gasteiger partial charge in [-0.3, -0.25) is 9.69 Å². The highest BCUT2D eigenvalue weighted by molar-refractivity contribution is 6.31. The summed E-state index contributed by atoms with van der Waals surface area (Å²) in [5, 5.41) is 1.78. The molecule has 0 spiro atoms. The van der Waals surface area contributed by atoms with Crippen molar-refractivity contribution in [2.75, 3.05) is 33.2 Å². The van der Waals surface area contributed by atoms with Crippen LogP contribution in [0.4, 0.5) is 0 Å². The van der Waals surface area contributed by atoms with Gasteiger partial charge in [0.15, 0.2) is 0 Å². The van der Waals surface area contributed by atoms with Crippen molar-refractivity contribution in [3.05, 3.63) is 57.2 Å². The van der Waals surface area contributed by atoms with Crippen LogP contribution in [-0.4, -0.2) is 43.0 Å². The number of rotatable bonds is 2. The van der Waals surface area contributed by atoms with Gasteiger partial charge in [-0.05, 0) is 25.2 Å². The average Bonchev–Trinajstić information content (AvgIpc) is 2.57. The van der Waals surface area contributed by atoms with E-state index in [1.54, 1.807) is 18.2 Å². The first-order valence-corrected chi connectivity index (χ1v) is 8.54. The Morgan fingerprint density at radius 2 is 1.77 bits per heavy atom. The molecule has 140 valence electrons. The number of hydrogen-bond acceptors (Lipinski definition) is 4. The Morgan fingerprint density at radius 1 is 1.04 bits per heavy atom. The molecule has 0 atom stereocenters. The predicted octanol–water partition coefficient (Wildman–Crippen LogP) is 4.19. The minimum atomic E-state index is 0. The number of halogens is 3. The highest BCUT2D eigenvalue weighted by atomic mass is 35.5. The highest BCUT2D eigenvalue weighted by Crippen LogP contribution is 2.25. The first-order valence-electron chi connectivity index (χ1n) is 8.17. The highest BCUT2D eigenvalue weighted by Gasteiger charge is 2.17. The molecule has 0 aliphatic carbocycles. The summed E-state index contributed by atoms with van der Waals surface area (Å²) in [6, 6.07) is 11.0. The van der Waals surface area contributed by atoms with Crippen molar-refractivity contribution in [1.29, 1.82) is 0 Å². The molecule has 1 aromatic heterocycles. The number of hydrogen-bond donors (Lipinski definition) is 0. The number of fused-ring (bicyclic) bond motifs is 2. The normalized spacial score (nSPS) is 15.6. The summed E-state index contributed by atoms with van der Waals surface area (Å²) < 4.78 is 6.08. The van der Waals surface area contributed by atoms with Crippen molar-refractivity contribution < 1.29 is 4.42 Å². The van der Waals surface area contributed by atoms with Crippen LogP contribution in [0.25, 0.3) is 21.9 Å². The van der Waals surface area contributed by atoms with E-state index in [4.69, 9.17) is 16.0 Å². The second-order valence-electron chi connectivity index (χ2n) is 6.44. The quantitative estimate of drug-likeness (QED) is 0.588. The topological polar surface area (TPSA) is 36.7 Å². The van der Waals surface area contributed by atoms with E-state index in [1.807, 2.05) is 18.2 Å². The van der Waals surface area contributed by atoms with Gasteiger partial charge in [0.1, 0.15) is 11.2 Å². The van der Waals surface area contributed by atoms with Gasteiger partial charge in [-0.1, -0.05) is 23.7 Å². The lowest BCUT2D eigenvalue weighted by Crippen LogP contribution is -2.43. The van der Waals surface area contributed by atoms with E-state index in [9.17, 15) is 4.79 Å². The van der Waals surface area contributed by atoms with Crippen molar-refractivity contribution in [2.45, 2.75) is 6.54 Å². The maximum Gasteiger partial charge on any atom is 0.200 e. The van der Waals surface area contributed by atoms with Gasteiger partial charge in [0.2, 0.25) is 5.43 Å². The summed E-state index contributed by atoms with van der Waals surface area (Å²) in [5.74, 6) is 0. The molecule has 0 unspecified atom stereocenters. The number of para-hydroxylation sites is 1. The molecule has 1 aliphatic rings. The third kappa shape index (κ3) is 4.00. The van der Waals surface area contributed by atoms with Crippen molar-refractivity contribution in [2.24, 2.45) is 0 Å². The molecule has 0 amide bonds. The Bertz CT molecular complexity index is 966. The number of likely N-dealkylation sites (N-methyl/N-ethyl adjacent to an activating group) is 1. The fourth-order valence-electron chi connectivity index (χ4n) is 3.28. The number of piperazine rings is 1. The number of benzene rings is 2. The lowest BCUT2D eigenvalue weighted by Gasteiger charge is -2.32. The van der Waals surface area contributed by atoms with Crippen molar-refractivity contribution in [3.63, 3.8) is 0 Å². The predicted molar refractivity (Wildman–Crippen MR) is 112 cm³/mol. The molecule has 4 rings (SSSR count).